The number of halogens is 2. The Bertz CT molecular complexity index is 781. The van der Waals surface area contributed by atoms with Crippen molar-refractivity contribution in [2.75, 3.05) is 23.3 Å². The fraction of sp³-hybridized carbons (Fsp3) is 0.222. The molecule has 2 aromatic rings. The van der Waals surface area contributed by atoms with Crippen molar-refractivity contribution in [2.24, 2.45) is 0 Å². The van der Waals surface area contributed by atoms with Crippen LogP contribution in [0.15, 0.2) is 42.5 Å². The van der Waals surface area contributed by atoms with E-state index in [4.69, 9.17) is 23.2 Å². The van der Waals surface area contributed by atoms with Crippen LogP contribution in [0.1, 0.15) is 23.7 Å². The van der Waals surface area contributed by atoms with Gasteiger partial charge in [-0.1, -0.05) is 42.3 Å². The number of nitrogens with one attached hydrogen (secondary N) is 1. The monoisotopic (exact) mass is 380 g/mol. The average Bonchev–Trinajstić information content (AvgIpc) is 2.57. The minimum Gasteiger partial charge on any atom is -0.478 e. The van der Waals surface area contributed by atoms with Gasteiger partial charge in [-0.2, -0.15) is 0 Å². The van der Waals surface area contributed by atoms with E-state index in [0.29, 0.717) is 16.6 Å². The molecule has 0 bridgehead atoms. The molecule has 0 saturated carbocycles. The van der Waals surface area contributed by atoms with E-state index in [9.17, 15) is 14.7 Å². The van der Waals surface area contributed by atoms with Crippen LogP contribution in [-0.2, 0) is 4.79 Å². The molecule has 0 spiro atoms. The van der Waals surface area contributed by atoms with Gasteiger partial charge in [0.05, 0.1) is 27.8 Å². The summed E-state index contributed by atoms with van der Waals surface area (Å²) in [7, 11) is 0. The van der Waals surface area contributed by atoms with Crippen molar-refractivity contribution in [1.82, 2.24) is 0 Å². The molecule has 0 heterocycles. The Kier molecular flexibility index (Phi) is 6.67. The molecule has 0 aliphatic carbocycles. The number of amides is 1. The summed E-state index contributed by atoms with van der Waals surface area (Å²) in [6, 6.07) is 11.5. The molecule has 0 aromatic heterocycles. The van der Waals surface area contributed by atoms with Gasteiger partial charge < -0.3 is 15.3 Å². The lowest BCUT2D eigenvalue weighted by Gasteiger charge is -2.24. The fourth-order valence-corrected chi connectivity index (χ4v) is 2.69. The summed E-state index contributed by atoms with van der Waals surface area (Å²) in [6.07, 6.45) is 0.833. The second-order valence-corrected chi connectivity index (χ2v) is 6.23. The number of aromatic carboxylic acids is 1. The second kappa shape index (κ2) is 8.74. The van der Waals surface area contributed by atoms with Crippen molar-refractivity contribution in [2.45, 2.75) is 13.3 Å². The van der Waals surface area contributed by atoms with Crippen molar-refractivity contribution in [3.8, 4) is 0 Å². The van der Waals surface area contributed by atoms with E-state index in [1.54, 1.807) is 36.4 Å². The van der Waals surface area contributed by atoms with Crippen molar-refractivity contribution < 1.29 is 14.7 Å². The van der Waals surface area contributed by atoms with Gasteiger partial charge in [-0.25, -0.2) is 4.79 Å². The van der Waals surface area contributed by atoms with Crippen molar-refractivity contribution in [3.05, 3.63) is 58.1 Å². The van der Waals surface area contributed by atoms with E-state index >= 15 is 0 Å². The van der Waals surface area contributed by atoms with Crippen LogP contribution in [0.2, 0.25) is 10.0 Å². The molecule has 25 heavy (non-hydrogen) atoms. The molecule has 0 aliphatic rings. The average molecular weight is 381 g/mol. The van der Waals surface area contributed by atoms with E-state index in [0.717, 1.165) is 12.1 Å². The summed E-state index contributed by atoms with van der Waals surface area (Å²) in [5.41, 5.74) is 1.09. The zero-order chi connectivity index (χ0) is 18.4. The summed E-state index contributed by atoms with van der Waals surface area (Å²) >= 11 is 12.0. The first-order chi connectivity index (χ1) is 11.9. The molecule has 0 fully saturated rings. The molecule has 0 radical (unpaired) electrons. The van der Waals surface area contributed by atoms with Gasteiger partial charge in [0.1, 0.15) is 0 Å². The van der Waals surface area contributed by atoms with Crippen LogP contribution in [-0.4, -0.2) is 30.1 Å². The number of nitrogens with zero attached hydrogens (tertiary/aromatic N) is 1. The summed E-state index contributed by atoms with van der Waals surface area (Å²) in [5.74, 6) is -1.40. The molecule has 0 aliphatic heterocycles. The highest BCUT2D eigenvalue weighted by molar-refractivity contribution is 6.42. The van der Waals surface area contributed by atoms with Crippen LogP contribution in [0.3, 0.4) is 0 Å². The molecule has 0 unspecified atom stereocenters. The van der Waals surface area contributed by atoms with Crippen molar-refractivity contribution in [1.29, 1.82) is 0 Å². The maximum Gasteiger partial charge on any atom is 0.337 e. The largest absolute Gasteiger partial charge is 0.478 e. The predicted octanol–water partition coefficient (Wildman–Crippen LogP) is 4.55. The Balaban J connectivity index is 2.15. The Morgan fingerprint density at radius 1 is 1.12 bits per heavy atom. The summed E-state index contributed by atoms with van der Waals surface area (Å²) in [6.45, 7) is 2.72. The molecular weight excluding hydrogens is 363 g/mol. The van der Waals surface area contributed by atoms with Crippen LogP contribution in [0.25, 0.3) is 0 Å². The highest BCUT2D eigenvalue weighted by Crippen LogP contribution is 2.27. The number of hydrogen-bond donors (Lipinski definition) is 2. The molecule has 0 atom stereocenters. The van der Waals surface area contributed by atoms with Crippen LogP contribution in [0.5, 0.6) is 0 Å². The third kappa shape index (κ3) is 5.11. The van der Waals surface area contributed by atoms with Crippen LogP contribution < -0.4 is 10.2 Å². The number of carbonyl (C=O) groups excluding carboxylic acids is 1. The Labute approximate surface area is 156 Å². The van der Waals surface area contributed by atoms with Crippen LogP contribution in [0, 0.1) is 0 Å². The Morgan fingerprint density at radius 2 is 1.84 bits per heavy atom. The predicted molar refractivity (Wildman–Crippen MR) is 101 cm³/mol. The number of carboxylic acids is 1. The first-order valence-corrected chi connectivity index (χ1v) is 8.50. The van der Waals surface area contributed by atoms with E-state index in [2.05, 4.69) is 5.32 Å². The summed E-state index contributed by atoms with van der Waals surface area (Å²) < 4.78 is 0. The lowest BCUT2D eigenvalue weighted by molar-refractivity contribution is -0.115. The standard InChI is InChI=1S/C18H18Cl2N2O3/c1-2-9-22(12-7-8-14(19)15(20)10-12)11-17(23)21-16-6-4-3-5-13(16)18(24)25/h3-8,10H,2,9,11H2,1H3,(H,21,23)(H,24,25). The van der Waals surface area contributed by atoms with Gasteiger partial charge in [0.25, 0.3) is 0 Å². The minimum atomic E-state index is -1.09. The summed E-state index contributed by atoms with van der Waals surface area (Å²) in [4.78, 5) is 25.5. The number of hydrogen-bond acceptors (Lipinski definition) is 3. The van der Waals surface area contributed by atoms with Gasteiger partial charge in [0, 0.05) is 12.2 Å². The molecule has 0 saturated heterocycles. The lowest BCUT2D eigenvalue weighted by atomic mass is 10.2. The minimum absolute atomic E-state index is 0.0485. The van der Waals surface area contributed by atoms with E-state index < -0.39 is 5.97 Å². The van der Waals surface area contributed by atoms with Gasteiger partial charge in [0.2, 0.25) is 5.91 Å². The smallest absolute Gasteiger partial charge is 0.337 e. The number of para-hydroxylation sites is 1. The number of carboxylic acid groups (broad SMARTS) is 1. The maximum absolute atomic E-state index is 12.4. The zero-order valence-corrected chi connectivity index (χ0v) is 15.1. The third-order valence-corrected chi connectivity index (χ3v) is 4.27. The molecule has 1 amide bonds. The first kappa shape index (κ1) is 19.1. The number of rotatable bonds is 7. The summed E-state index contributed by atoms with van der Waals surface area (Å²) in [5, 5.41) is 12.7. The second-order valence-electron chi connectivity index (χ2n) is 5.42. The lowest BCUT2D eigenvalue weighted by Crippen LogP contribution is -2.34. The highest BCUT2D eigenvalue weighted by Gasteiger charge is 2.15. The SMILES string of the molecule is CCCN(CC(=O)Nc1ccccc1C(=O)O)c1ccc(Cl)c(Cl)c1. The van der Waals surface area contributed by atoms with Gasteiger partial charge in [0.15, 0.2) is 0 Å². The van der Waals surface area contributed by atoms with E-state index in [-0.39, 0.29) is 23.7 Å². The molecule has 2 aromatic carbocycles. The number of carbonyl (C=O) groups is 2. The van der Waals surface area contributed by atoms with Crippen LogP contribution in [0.4, 0.5) is 11.4 Å². The molecule has 7 heteroatoms. The molecular formula is C18H18Cl2N2O3. The van der Waals surface area contributed by atoms with Gasteiger partial charge in [-0.15, -0.1) is 0 Å². The molecule has 5 nitrogen and oxygen atoms in total. The Hall–Kier alpha value is -2.24. The maximum atomic E-state index is 12.4. The fourth-order valence-electron chi connectivity index (χ4n) is 2.39. The Morgan fingerprint density at radius 3 is 2.48 bits per heavy atom. The third-order valence-electron chi connectivity index (χ3n) is 3.53. The van der Waals surface area contributed by atoms with E-state index in [1.165, 1.54) is 6.07 Å². The molecule has 132 valence electrons. The van der Waals surface area contributed by atoms with Gasteiger partial charge in [-0.3, -0.25) is 4.79 Å². The van der Waals surface area contributed by atoms with Gasteiger partial charge in [-0.05, 0) is 36.8 Å². The zero-order valence-electron chi connectivity index (χ0n) is 13.6. The highest BCUT2D eigenvalue weighted by atomic mass is 35.5. The topological polar surface area (TPSA) is 69.6 Å². The molecule has 2 rings (SSSR count). The number of anilines is 2. The first-order valence-electron chi connectivity index (χ1n) is 7.74. The van der Waals surface area contributed by atoms with Crippen molar-refractivity contribution in [3.63, 3.8) is 0 Å². The van der Waals surface area contributed by atoms with Crippen molar-refractivity contribution >= 4 is 46.5 Å². The van der Waals surface area contributed by atoms with E-state index in [1.807, 2.05) is 11.8 Å². The van der Waals surface area contributed by atoms with Crippen LogP contribution >= 0.6 is 23.2 Å². The quantitative estimate of drug-likeness (QED) is 0.739. The molecule has 2 N–H and O–H groups in total. The van der Waals surface area contributed by atoms with Gasteiger partial charge >= 0.3 is 5.97 Å². The number of benzene rings is 2. The normalized spacial score (nSPS) is 10.4.